The van der Waals surface area contributed by atoms with Gasteiger partial charge in [-0.2, -0.15) is 0 Å². The third-order valence-electron chi connectivity index (χ3n) is 7.33. The summed E-state index contributed by atoms with van der Waals surface area (Å²) in [6.07, 6.45) is 19.2. The molecule has 0 fully saturated rings. The standard InChI is InChI=1S/C33H57NOSi2/c1-7-8-9-10-13-16-19-30-20-22-31(23-21-30)33-25-24-32(28-34-33)35-26-17-14-11-12-15-18-27-37(5,6)29-36(2,3)4/h20-25,28H,7-19,26-27,29H2,1-6H3. The summed E-state index contributed by atoms with van der Waals surface area (Å²) in [6, 6.07) is 14.6. The second-order valence-electron chi connectivity index (χ2n) is 13.2. The van der Waals surface area contributed by atoms with E-state index in [0.717, 1.165) is 24.5 Å². The molecule has 1 aromatic heterocycles. The van der Waals surface area contributed by atoms with Crippen LogP contribution >= 0.6 is 0 Å². The van der Waals surface area contributed by atoms with Crippen molar-refractivity contribution in [2.45, 2.75) is 135 Å². The van der Waals surface area contributed by atoms with Gasteiger partial charge in [-0.1, -0.05) is 140 Å². The second-order valence-corrected chi connectivity index (χ2v) is 24.6. The van der Waals surface area contributed by atoms with Gasteiger partial charge >= 0.3 is 0 Å². The van der Waals surface area contributed by atoms with E-state index >= 15 is 0 Å². The maximum absolute atomic E-state index is 5.96. The van der Waals surface area contributed by atoms with Gasteiger partial charge in [-0.3, -0.25) is 4.98 Å². The van der Waals surface area contributed by atoms with Crippen molar-refractivity contribution in [1.29, 1.82) is 0 Å². The highest BCUT2D eigenvalue weighted by molar-refractivity contribution is 6.94. The van der Waals surface area contributed by atoms with Crippen molar-refractivity contribution in [2.75, 3.05) is 6.61 Å². The summed E-state index contributed by atoms with van der Waals surface area (Å²) in [6.45, 7) is 15.9. The molecule has 1 aromatic carbocycles. The maximum atomic E-state index is 5.96. The van der Waals surface area contributed by atoms with E-state index in [9.17, 15) is 0 Å². The topological polar surface area (TPSA) is 22.1 Å². The van der Waals surface area contributed by atoms with Gasteiger partial charge in [-0.25, -0.2) is 0 Å². The van der Waals surface area contributed by atoms with Crippen LogP contribution in [0.3, 0.4) is 0 Å². The number of benzene rings is 1. The summed E-state index contributed by atoms with van der Waals surface area (Å²) in [4.78, 5) is 4.65. The molecule has 0 unspecified atom stereocenters. The van der Waals surface area contributed by atoms with Crippen molar-refractivity contribution in [3.8, 4) is 17.0 Å². The zero-order valence-corrected chi connectivity index (χ0v) is 27.2. The van der Waals surface area contributed by atoms with Gasteiger partial charge in [0.25, 0.3) is 0 Å². The smallest absolute Gasteiger partial charge is 0.137 e. The lowest BCUT2D eigenvalue weighted by atomic mass is 10.0. The molecule has 0 aliphatic heterocycles. The van der Waals surface area contributed by atoms with E-state index in [0.29, 0.717) is 0 Å². The third kappa shape index (κ3) is 14.9. The van der Waals surface area contributed by atoms with E-state index < -0.39 is 16.1 Å². The van der Waals surface area contributed by atoms with Crippen LogP contribution in [0.2, 0.25) is 44.4 Å². The number of rotatable bonds is 20. The molecular weight excluding hydrogens is 483 g/mol. The molecule has 0 saturated carbocycles. The van der Waals surface area contributed by atoms with Crippen LogP contribution in [0.5, 0.6) is 5.75 Å². The lowest BCUT2D eigenvalue weighted by molar-refractivity contribution is 0.303. The van der Waals surface area contributed by atoms with Crippen LogP contribution in [-0.4, -0.2) is 27.7 Å². The number of ether oxygens (including phenoxy) is 1. The minimum atomic E-state index is -0.960. The first-order valence-electron chi connectivity index (χ1n) is 15.4. The number of nitrogens with zero attached hydrogens (tertiary/aromatic N) is 1. The number of pyridine rings is 1. The summed E-state index contributed by atoms with van der Waals surface area (Å²) < 4.78 is 5.96. The van der Waals surface area contributed by atoms with Gasteiger partial charge in [0.1, 0.15) is 5.75 Å². The molecule has 1 heterocycles. The Morgan fingerprint density at radius 2 is 1.30 bits per heavy atom. The zero-order valence-electron chi connectivity index (χ0n) is 25.2. The molecule has 0 saturated heterocycles. The molecule has 0 spiro atoms. The maximum Gasteiger partial charge on any atom is 0.137 e. The SMILES string of the molecule is CCCCCCCCc1ccc(-c2ccc(OCCCCCCCC[Si](C)(C)C[Si](C)(C)C)cn2)cc1. The first-order valence-corrected chi connectivity index (χ1v) is 22.5. The molecule has 0 aliphatic carbocycles. The third-order valence-corrected chi connectivity index (χ3v) is 17.1. The Balaban J connectivity index is 1.56. The highest BCUT2D eigenvalue weighted by Gasteiger charge is 2.27. The molecule has 0 bridgehead atoms. The van der Waals surface area contributed by atoms with Crippen molar-refractivity contribution in [3.05, 3.63) is 48.2 Å². The van der Waals surface area contributed by atoms with Gasteiger partial charge in [0.2, 0.25) is 0 Å². The summed E-state index contributed by atoms with van der Waals surface area (Å²) >= 11 is 0. The Morgan fingerprint density at radius 3 is 1.92 bits per heavy atom. The largest absolute Gasteiger partial charge is 0.492 e. The number of unbranched alkanes of at least 4 members (excludes halogenated alkanes) is 10. The molecule has 0 radical (unpaired) electrons. The lowest BCUT2D eigenvalue weighted by Gasteiger charge is -2.29. The molecule has 0 aliphatic rings. The molecule has 208 valence electrons. The van der Waals surface area contributed by atoms with E-state index in [4.69, 9.17) is 4.74 Å². The molecule has 2 nitrogen and oxygen atoms in total. The average molecular weight is 540 g/mol. The fourth-order valence-electron chi connectivity index (χ4n) is 5.71. The van der Waals surface area contributed by atoms with E-state index in [1.165, 1.54) is 94.2 Å². The Labute approximate surface area is 232 Å². The van der Waals surface area contributed by atoms with Gasteiger partial charge in [0.15, 0.2) is 0 Å². The van der Waals surface area contributed by atoms with Gasteiger partial charge in [0.05, 0.1) is 18.5 Å². The van der Waals surface area contributed by atoms with Crippen LogP contribution < -0.4 is 4.74 Å². The van der Waals surface area contributed by atoms with E-state index in [1.54, 1.807) is 5.67 Å². The molecule has 2 aromatic rings. The number of hydrogen-bond donors (Lipinski definition) is 0. The van der Waals surface area contributed by atoms with Crippen LogP contribution in [-0.2, 0) is 6.42 Å². The van der Waals surface area contributed by atoms with Gasteiger partial charge in [-0.05, 0) is 37.0 Å². The highest BCUT2D eigenvalue weighted by Crippen LogP contribution is 2.26. The van der Waals surface area contributed by atoms with Crippen LogP contribution in [0.15, 0.2) is 42.6 Å². The van der Waals surface area contributed by atoms with Crippen LogP contribution in [0.4, 0.5) is 0 Å². The van der Waals surface area contributed by atoms with E-state index in [1.807, 2.05) is 6.20 Å². The van der Waals surface area contributed by atoms with Crippen molar-refractivity contribution < 1.29 is 4.74 Å². The summed E-state index contributed by atoms with van der Waals surface area (Å²) in [7, 11) is -1.86. The first kappa shape index (κ1) is 31.8. The fraction of sp³-hybridized carbons (Fsp3) is 0.667. The predicted molar refractivity (Wildman–Crippen MR) is 170 cm³/mol. The molecular formula is C33H57NOSi2. The predicted octanol–water partition coefficient (Wildman–Crippen LogP) is 11.0. The average Bonchev–Trinajstić information content (AvgIpc) is 2.84. The van der Waals surface area contributed by atoms with Gasteiger partial charge < -0.3 is 4.74 Å². The van der Waals surface area contributed by atoms with E-state index in [-0.39, 0.29) is 0 Å². The van der Waals surface area contributed by atoms with Crippen LogP contribution in [0.1, 0.15) is 89.5 Å². The monoisotopic (exact) mass is 539 g/mol. The Kier molecular flexibility index (Phi) is 14.8. The summed E-state index contributed by atoms with van der Waals surface area (Å²) in [5, 5.41) is 0. The highest BCUT2D eigenvalue weighted by atomic mass is 28.4. The Bertz CT molecular complexity index is 840. The van der Waals surface area contributed by atoms with Gasteiger partial charge in [0, 0.05) is 21.7 Å². The summed E-state index contributed by atoms with van der Waals surface area (Å²) in [5.74, 6) is 0.887. The normalized spacial score (nSPS) is 12.2. The van der Waals surface area contributed by atoms with Crippen molar-refractivity contribution in [1.82, 2.24) is 4.98 Å². The minimum Gasteiger partial charge on any atom is -0.492 e. The van der Waals surface area contributed by atoms with E-state index in [2.05, 4.69) is 81.0 Å². The van der Waals surface area contributed by atoms with Crippen molar-refractivity contribution in [2.24, 2.45) is 0 Å². The molecule has 37 heavy (non-hydrogen) atoms. The molecule has 4 heteroatoms. The van der Waals surface area contributed by atoms with Crippen LogP contribution in [0.25, 0.3) is 11.3 Å². The lowest BCUT2D eigenvalue weighted by Crippen LogP contribution is -2.37. The number of hydrogen-bond acceptors (Lipinski definition) is 2. The molecule has 0 amide bonds. The Morgan fingerprint density at radius 1 is 0.676 bits per heavy atom. The summed E-state index contributed by atoms with van der Waals surface area (Å²) in [5.41, 5.74) is 5.23. The quantitative estimate of drug-likeness (QED) is 0.123. The molecule has 2 rings (SSSR count). The Hall–Kier alpha value is -1.40. The van der Waals surface area contributed by atoms with Crippen LogP contribution in [0, 0.1) is 0 Å². The fourth-order valence-corrected chi connectivity index (χ4v) is 19.1. The number of aryl methyl sites for hydroxylation is 1. The second kappa shape index (κ2) is 17.2. The molecule has 0 N–H and O–H groups in total. The van der Waals surface area contributed by atoms with Gasteiger partial charge in [-0.15, -0.1) is 0 Å². The minimum absolute atomic E-state index is 0.796. The number of aromatic nitrogens is 1. The first-order chi connectivity index (χ1) is 17.7. The zero-order chi connectivity index (χ0) is 27.0. The molecule has 0 atom stereocenters. The van der Waals surface area contributed by atoms with Crippen molar-refractivity contribution in [3.63, 3.8) is 0 Å². The van der Waals surface area contributed by atoms with Crippen molar-refractivity contribution >= 4 is 16.1 Å².